The van der Waals surface area contributed by atoms with Gasteiger partial charge in [0.15, 0.2) is 0 Å². The monoisotopic (exact) mass is 318 g/mol. The van der Waals surface area contributed by atoms with Crippen LogP contribution in [0.25, 0.3) is 10.9 Å². The van der Waals surface area contributed by atoms with Crippen LogP contribution in [0.1, 0.15) is 5.56 Å². The topological polar surface area (TPSA) is 106 Å². The summed E-state index contributed by atoms with van der Waals surface area (Å²) >= 11 is 0. The maximum atomic E-state index is 12.1. The van der Waals surface area contributed by atoms with Crippen molar-refractivity contribution in [2.45, 2.75) is 6.54 Å². The summed E-state index contributed by atoms with van der Waals surface area (Å²) in [7, 11) is 0. The Bertz CT molecular complexity index is 923. The van der Waals surface area contributed by atoms with Crippen LogP contribution in [0.4, 0.5) is 5.69 Å². The highest BCUT2D eigenvalue weighted by atomic mass is 16.1. The van der Waals surface area contributed by atoms with Gasteiger partial charge in [-0.15, -0.1) is 0 Å². The minimum Gasteiger partial charge on any atom is -0.360 e. The summed E-state index contributed by atoms with van der Waals surface area (Å²) in [5.41, 5.74) is 2.47. The van der Waals surface area contributed by atoms with Crippen molar-refractivity contribution in [3.63, 3.8) is 0 Å². The van der Waals surface area contributed by atoms with Gasteiger partial charge in [0.2, 0.25) is 0 Å². The first-order valence-electron chi connectivity index (χ1n) is 7.23. The maximum absolute atomic E-state index is 12.1. The number of carbonyl (C=O) groups excluding carboxylic acids is 1. The summed E-state index contributed by atoms with van der Waals surface area (Å²) in [5.74, 6) is -0.448. The van der Waals surface area contributed by atoms with Crippen LogP contribution in [0.5, 0.6) is 0 Å². The van der Waals surface area contributed by atoms with E-state index < -0.39 is 5.91 Å². The van der Waals surface area contributed by atoms with E-state index in [-0.39, 0.29) is 5.57 Å². The van der Waals surface area contributed by atoms with Gasteiger partial charge in [-0.2, -0.15) is 10.4 Å². The Kier molecular flexibility index (Phi) is 4.49. The number of hydrogen-bond acceptors (Lipinski definition) is 5. The number of fused-ring (bicyclic) bond motifs is 1. The summed E-state index contributed by atoms with van der Waals surface area (Å²) in [4.78, 5) is 16.0. The zero-order valence-electron chi connectivity index (χ0n) is 12.7. The van der Waals surface area contributed by atoms with Gasteiger partial charge < -0.3 is 10.6 Å². The van der Waals surface area contributed by atoms with Crippen molar-refractivity contribution < 1.29 is 4.79 Å². The Balaban J connectivity index is 1.65. The molecule has 0 aliphatic carbocycles. The lowest BCUT2D eigenvalue weighted by molar-refractivity contribution is -0.117. The number of nitriles is 1. The maximum Gasteiger partial charge on any atom is 0.263 e. The van der Waals surface area contributed by atoms with Gasteiger partial charge in [0.05, 0.1) is 11.7 Å². The molecule has 7 heteroatoms. The van der Waals surface area contributed by atoms with E-state index in [2.05, 4.69) is 25.8 Å². The van der Waals surface area contributed by atoms with Crippen LogP contribution in [0.15, 0.2) is 60.7 Å². The lowest BCUT2D eigenvalue weighted by Gasteiger charge is -2.05. The van der Waals surface area contributed by atoms with Crippen LogP contribution in [0.2, 0.25) is 0 Å². The third-order valence-electron chi connectivity index (χ3n) is 3.37. The van der Waals surface area contributed by atoms with Gasteiger partial charge in [0.1, 0.15) is 11.6 Å². The number of H-pyrrole nitrogens is 1. The number of aromatic nitrogens is 3. The minimum absolute atomic E-state index is 0.0106. The van der Waals surface area contributed by atoms with E-state index in [0.29, 0.717) is 6.54 Å². The number of anilines is 1. The van der Waals surface area contributed by atoms with Crippen LogP contribution >= 0.6 is 0 Å². The first kappa shape index (κ1) is 15.2. The number of nitrogens with zero attached hydrogens (tertiary/aromatic N) is 3. The zero-order valence-corrected chi connectivity index (χ0v) is 12.7. The smallest absolute Gasteiger partial charge is 0.263 e. The SMILES string of the molecule is N#C/C(=C/Nc1ccc2cn[nH]c2c1)C(=O)NCc1cccnc1. The molecule has 3 rings (SSSR count). The van der Waals surface area contributed by atoms with E-state index >= 15 is 0 Å². The highest BCUT2D eigenvalue weighted by Crippen LogP contribution is 2.16. The van der Waals surface area contributed by atoms with Gasteiger partial charge in [-0.05, 0) is 29.8 Å². The molecule has 0 unspecified atom stereocenters. The molecular formula is C17H14N6O. The first-order valence-corrected chi connectivity index (χ1v) is 7.23. The van der Waals surface area contributed by atoms with E-state index in [0.717, 1.165) is 22.2 Å². The van der Waals surface area contributed by atoms with Crippen LogP contribution in [-0.2, 0) is 11.3 Å². The van der Waals surface area contributed by atoms with Crippen molar-refractivity contribution in [3.8, 4) is 6.07 Å². The summed E-state index contributed by atoms with van der Waals surface area (Å²) in [6, 6.07) is 11.1. The van der Waals surface area contributed by atoms with Gasteiger partial charge in [0.25, 0.3) is 5.91 Å². The fraction of sp³-hybridized carbons (Fsp3) is 0.0588. The van der Waals surface area contributed by atoms with Gasteiger partial charge in [0, 0.05) is 36.2 Å². The minimum atomic E-state index is -0.448. The van der Waals surface area contributed by atoms with Crippen molar-refractivity contribution in [2.75, 3.05) is 5.32 Å². The number of carbonyl (C=O) groups is 1. The molecular weight excluding hydrogens is 304 g/mol. The highest BCUT2D eigenvalue weighted by molar-refractivity contribution is 5.97. The standard InChI is InChI=1S/C17H14N6O/c18-7-14(17(24)21-9-12-2-1-5-19-8-12)10-20-15-4-3-13-11-22-23-16(13)6-15/h1-6,8,10-11,20H,9H2,(H,21,24)(H,22,23)/b14-10-. The third-order valence-corrected chi connectivity index (χ3v) is 3.37. The number of hydrogen-bond donors (Lipinski definition) is 3. The Morgan fingerprint density at radius 1 is 1.33 bits per heavy atom. The molecule has 7 nitrogen and oxygen atoms in total. The summed E-state index contributed by atoms with van der Waals surface area (Å²) in [5, 5.41) is 22.6. The van der Waals surface area contributed by atoms with Gasteiger partial charge >= 0.3 is 0 Å². The molecule has 24 heavy (non-hydrogen) atoms. The van der Waals surface area contributed by atoms with Crippen LogP contribution in [0.3, 0.4) is 0 Å². The van der Waals surface area contributed by atoms with Crippen molar-refractivity contribution in [1.82, 2.24) is 20.5 Å². The number of rotatable bonds is 5. The quantitative estimate of drug-likeness (QED) is 0.493. The third kappa shape index (κ3) is 3.56. The zero-order chi connectivity index (χ0) is 16.8. The molecule has 1 aromatic carbocycles. The number of aromatic amines is 1. The molecule has 0 aliphatic rings. The van der Waals surface area contributed by atoms with Crippen LogP contribution in [0, 0.1) is 11.3 Å². The van der Waals surface area contributed by atoms with E-state index in [4.69, 9.17) is 5.26 Å². The van der Waals surface area contributed by atoms with Crippen molar-refractivity contribution in [3.05, 3.63) is 66.3 Å². The first-order chi connectivity index (χ1) is 11.8. The lowest BCUT2D eigenvalue weighted by atomic mass is 10.2. The van der Waals surface area contributed by atoms with E-state index in [1.165, 1.54) is 6.20 Å². The predicted molar refractivity (Wildman–Crippen MR) is 89.5 cm³/mol. The molecule has 118 valence electrons. The number of nitrogens with one attached hydrogen (secondary N) is 3. The summed E-state index contributed by atoms with van der Waals surface area (Å²) in [6.45, 7) is 0.311. The van der Waals surface area contributed by atoms with E-state index in [1.54, 1.807) is 24.7 Å². The predicted octanol–water partition coefficient (Wildman–Crippen LogP) is 2.09. The normalized spacial score (nSPS) is 11.0. The Morgan fingerprint density at radius 3 is 3.04 bits per heavy atom. The molecule has 0 radical (unpaired) electrons. The fourth-order valence-electron chi connectivity index (χ4n) is 2.11. The lowest BCUT2D eigenvalue weighted by Crippen LogP contribution is -2.24. The molecule has 1 amide bonds. The average Bonchev–Trinajstić information content (AvgIpc) is 3.09. The molecule has 0 saturated carbocycles. The molecule has 2 heterocycles. The Labute approximate surface area is 138 Å². The molecule has 0 atom stereocenters. The number of benzene rings is 1. The van der Waals surface area contributed by atoms with Crippen LogP contribution < -0.4 is 10.6 Å². The number of pyridine rings is 1. The van der Waals surface area contributed by atoms with Crippen molar-refractivity contribution in [2.24, 2.45) is 0 Å². The summed E-state index contributed by atoms with van der Waals surface area (Å²) < 4.78 is 0. The van der Waals surface area contributed by atoms with Crippen molar-refractivity contribution in [1.29, 1.82) is 5.26 Å². The highest BCUT2D eigenvalue weighted by Gasteiger charge is 2.08. The molecule has 0 fully saturated rings. The van der Waals surface area contributed by atoms with E-state index in [1.807, 2.05) is 30.3 Å². The molecule has 0 bridgehead atoms. The second-order valence-electron chi connectivity index (χ2n) is 5.03. The van der Waals surface area contributed by atoms with E-state index in [9.17, 15) is 4.79 Å². The molecule has 3 aromatic rings. The molecule has 2 aromatic heterocycles. The summed E-state index contributed by atoms with van der Waals surface area (Å²) in [6.07, 6.45) is 6.43. The number of amides is 1. The molecule has 0 spiro atoms. The molecule has 0 saturated heterocycles. The average molecular weight is 318 g/mol. The van der Waals surface area contributed by atoms with Crippen molar-refractivity contribution >= 4 is 22.5 Å². The molecule has 3 N–H and O–H groups in total. The second-order valence-corrected chi connectivity index (χ2v) is 5.03. The fourth-order valence-corrected chi connectivity index (χ4v) is 2.11. The Morgan fingerprint density at radius 2 is 2.25 bits per heavy atom. The molecule has 0 aliphatic heterocycles. The Hall–Kier alpha value is -3.66. The second kappa shape index (κ2) is 7.07. The van der Waals surface area contributed by atoms with Gasteiger partial charge in [-0.3, -0.25) is 14.9 Å². The largest absolute Gasteiger partial charge is 0.360 e. The van der Waals surface area contributed by atoms with Gasteiger partial charge in [-0.25, -0.2) is 0 Å². The van der Waals surface area contributed by atoms with Gasteiger partial charge in [-0.1, -0.05) is 6.07 Å². The van der Waals surface area contributed by atoms with Crippen LogP contribution in [-0.4, -0.2) is 21.1 Å².